The van der Waals surface area contributed by atoms with Crippen molar-refractivity contribution in [2.45, 2.75) is 32.6 Å². The largest absolute Gasteiger partial charge is 0.399 e. The zero-order chi connectivity index (χ0) is 13.2. The summed E-state index contributed by atoms with van der Waals surface area (Å²) in [5, 5.41) is 3.34. The molecule has 98 valence electrons. The molecule has 0 heterocycles. The zero-order valence-corrected chi connectivity index (χ0v) is 10.8. The molecule has 0 unspecified atom stereocenters. The maximum absolute atomic E-state index is 11.4. The minimum atomic E-state index is -0.422. The summed E-state index contributed by atoms with van der Waals surface area (Å²) in [6, 6.07) is 5.15. The third kappa shape index (κ3) is 2.75. The monoisotopic (exact) mass is 247 g/mol. The average Bonchev–Trinajstić information content (AvgIpc) is 2.74. The number of amides is 1. The molecular formula is C14H21N3O. The minimum absolute atomic E-state index is 0.319. The molecule has 1 saturated carbocycles. The summed E-state index contributed by atoms with van der Waals surface area (Å²) in [7, 11) is 0. The molecule has 0 aliphatic heterocycles. The van der Waals surface area contributed by atoms with Crippen LogP contribution in [0.2, 0.25) is 0 Å². The van der Waals surface area contributed by atoms with E-state index in [1.54, 1.807) is 18.2 Å². The van der Waals surface area contributed by atoms with Crippen LogP contribution in [0.1, 0.15) is 43.0 Å². The Bertz CT molecular complexity index is 450. The molecule has 1 amide bonds. The molecule has 4 nitrogen and oxygen atoms in total. The third-order valence-electron chi connectivity index (χ3n) is 3.83. The van der Waals surface area contributed by atoms with Gasteiger partial charge in [0, 0.05) is 17.9 Å². The van der Waals surface area contributed by atoms with E-state index in [-0.39, 0.29) is 0 Å². The summed E-state index contributed by atoms with van der Waals surface area (Å²) in [6.07, 6.45) is 5.04. The van der Waals surface area contributed by atoms with Crippen LogP contribution in [-0.2, 0) is 0 Å². The summed E-state index contributed by atoms with van der Waals surface area (Å²) >= 11 is 0. The highest BCUT2D eigenvalue weighted by Crippen LogP contribution is 2.37. The van der Waals surface area contributed by atoms with Crippen LogP contribution in [0.25, 0.3) is 0 Å². The van der Waals surface area contributed by atoms with Crippen molar-refractivity contribution in [2.75, 3.05) is 17.6 Å². The maximum Gasteiger partial charge on any atom is 0.250 e. The van der Waals surface area contributed by atoms with E-state index in [1.165, 1.54) is 25.7 Å². The van der Waals surface area contributed by atoms with Gasteiger partial charge in [-0.25, -0.2) is 0 Å². The molecule has 1 aliphatic carbocycles. The maximum atomic E-state index is 11.4. The summed E-state index contributed by atoms with van der Waals surface area (Å²) < 4.78 is 0. The number of hydrogen-bond acceptors (Lipinski definition) is 3. The molecule has 1 aromatic rings. The average molecular weight is 247 g/mol. The van der Waals surface area contributed by atoms with Gasteiger partial charge in [-0.3, -0.25) is 4.79 Å². The fraction of sp³-hybridized carbons (Fsp3) is 0.500. The van der Waals surface area contributed by atoms with Crippen molar-refractivity contribution in [3.8, 4) is 0 Å². The van der Waals surface area contributed by atoms with Crippen LogP contribution < -0.4 is 16.8 Å². The van der Waals surface area contributed by atoms with Crippen molar-refractivity contribution in [3.05, 3.63) is 23.8 Å². The lowest BCUT2D eigenvalue weighted by atomic mass is 9.89. The number of primary amides is 1. The predicted octanol–water partition coefficient (Wildman–Crippen LogP) is 2.36. The molecule has 5 N–H and O–H groups in total. The minimum Gasteiger partial charge on any atom is -0.399 e. The Morgan fingerprint density at radius 1 is 1.39 bits per heavy atom. The Labute approximate surface area is 108 Å². The Morgan fingerprint density at radius 2 is 2.06 bits per heavy atom. The van der Waals surface area contributed by atoms with Crippen molar-refractivity contribution < 1.29 is 4.79 Å². The highest BCUT2D eigenvalue weighted by Gasteiger charge is 2.28. The molecule has 1 fully saturated rings. The van der Waals surface area contributed by atoms with Crippen molar-refractivity contribution >= 4 is 17.3 Å². The van der Waals surface area contributed by atoms with E-state index >= 15 is 0 Å². The van der Waals surface area contributed by atoms with Gasteiger partial charge in [-0.2, -0.15) is 0 Å². The van der Waals surface area contributed by atoms with Crippen LogP contribution in [0.3, 0.4) is 0 Å². The topological polar surface area (TPSA) is 81.1 Å². The predicted molar refractivity (Wildman–Crippen MR) is 74.4 cm³/mol. The first-order chi connectivity index (χ1) is 8.50. The fourth-order valence-corrected chi connectivity index (χ4v) is 2.64. The molecule has 0 saturated heterocycles. The highest BCUT2D eigenvalue weighted by atomic mass is 16.1. The van der Waals surface area contributed by atoms with Crippen LogP contribution in [0.15, 0.2) is 18.2 Å². The Hall–Kier alpha value is -1.71. The van der Waals surface area contributed by atoms with E-state index in [4.69, 9.17) is 11.5 Å². The molecule has 4 heteroatoms. The number of anilines is 2. The molecule has 0 atom stereocenters. The van der Waals surface area contributed by atoms with E-state index in [9.17, 15) is 4.79 Å². The molecule has 0 bridgehead atoms. The van der Waals surface area contributed by atoms with Gasteiger partial charge in [0.15, 0.2) is 0 Å². The lowest BCUT2D eigenvalue weighted by Gasteiger charge is -2.25. The number of benzene rings is 1. The van der Waals surface area contributed by atoms with Gasteiger partial charge in [0.2, 0.25) is 0 Å². The van der Waals surface area contributed by atoms with Crippen LogP contribution in [-0.4, -0.2) is 12.5 Å². The van der Waals surface area contributed by atoms with E-state index in [0.717, 1.165) is 12.2 Å². The molecule has 1 aliphatic rings. The van der Waals surface area contributed by atoms with Gasteiger partial charge in [-0.1, -0.05) is 19.8 Å². The fourth-order valence-electron chi connectivity index (χ4n) is 2.64. The summed E-state index contributed by atoms with van der Waals surface area (Å²) in [5.74, 6) is -0.422. The van der Waals surface area contributed by atoms with Gasteiger partial charge >= 0.3 is 0 Å². The summed E-state index contributed by atoms with van der Waals surface area (Å²) in [4.78, 5) is 11.4. The van der Waals surface area contributed by atoms with Crippen LogP contribution in [0, 0.1) is 5.41 Å². The first-order valence-electron chi connectivity index (χ1n) is 6.43. The Balaban J connectivity index is 2.12. The van der Waals surface area contributed by atoms with Gasteiger partial charge in [-0.05, 0) is 36.5 Å². The lowest BCUT2D eigenvalue weighted by Crippen LogP contribution is -2.24. The Kier molecular flexibility index (Phi) is 3.45. The zero-order valence-electron chi connectivity index (χ0n) is 10.8. The molecule has 0 aromatic heterocycles. The van der Waals surface area contributed by atoms with Crippen molar-refractivity contribution in [2.24, 2.45) is 11.1 Å². The molecule has 0 spiro atoms. The number of nitrogen functional groups attached to an aromatic ring is 1. The van der Waals surface area contributed by atoms with Gasteiger partial charge in [-0.15, -0.1) is 0 Å². The van der Waals surface area contributed by atoms with Gasteiger partial charge in [0.1, 0.15) is 0 Å². The number of carbonyl (C=O) groups is 1. The SMILES string of the molecule is CC1(CNc2cc(N)ccc2C(N)=O)CCCC1. The van der Waals surface area contributed by atoms with E-state index in [2.05, 4.69) is 12.2 Å². The molecule has 0 radical (unpaired) electrons. The molecule has 18 heavy (non-hydrogen) atoms. The molecular weight excluding hydrogens is 226 g/mol. The van der Waals surface area contributed by atoms with E-state index in [0.29, 0.717) is 16.7 Å². The number of hydrogen-bond donors (Lipinski definition) is 3. The number of rotatable bonds is 4. The standard InChI is InChI=1S/C14H21N3O/c1-14(6-2-3-7-14)9-17-12-8-10(15)4-5-11(12)13(16)18/h4-5,8,17H,2-3,6-7,9,15H2,1H3,(H2,16,18). The number of nitrogens with two attached hydrogens (primary N) is 2. The smallest absolute Gasteiger partial charge is 0.250 e. The molecule has 1 aromatic carbocycles. The first kappa shape index (κ1) is 12.7. The molecule has 2 rings (SSSR count). The van der Waals surface area contributed by atoms with Crippen molar-refractivity contribution in [1.29, 1.82) is 0 Å². The third-order valence-corrected chi connectivity index (χ3v) is 3.83. The summed E-state index contributed by atoms with van der Waals surface area (Å²) in [5.41, 5.74) is 13.3. The van der Waals surface area contributed by atoms with Crippen LogP contribution >= 0.6 is 0 Å². The van der Waals surface area contributed by atoms with Crippen molar-refractivity contribution in [3.63, 3.8) is 0 Å². The van der Waals surface area contributed by atoms with Crippen LogP contribution in [0.5, 0.6) is 0 Å². The summed E-state index contributed by atoms with van der Waals surface area (Å²) in [6.45, 7) is 3.14. The quantitative estimate of drug-likeness (QED) is 0.714. The number of carbonyl (C=O) groups excluding carboxylic acids is 1. The Morgan fingerprint density at radius 3 is 2.67 bits per heavy atom. The second-order valence-electron chi connectivity index (χ2n) is 5.54. The lowest BCUT2D eigenvalue weighted by molar-refractivity contribution is 0.100. The van der Waals surface area contributed by atoms with E-state index in [1.807, 2.05) is 0 Å². The van der Waals surface area contributed by atoms with Crippen molar-refractivity contribution in [1.82, 2.24) is 0 Å². The normalized spacial score (nSPS) is 17.6. The van der Waals surface area contributed by atoms with Gasteiger partial charge < -0.3 is 16.8 Å². The highest BCUT2D eigenvalue weighted by molar-refractivity contribution is 5.99. The second-order valence-corrected chi connectivity index (χ2v) is 5.54. The van der Waals surface area contributed by atoms with Gasteiger partial charge in [0.25, 0.3) is 5.91 Å². The van der Waals surface area contributed by atoms with Crippen LogP contribution in [0.4, 0.5) is 11.4 Å². The second kappa shape index (κ2) is 4.88. The number of nitrogens with one attached hydrogen (secondary N) is 1. The van der Waals surface area contributed by atoms with E-state index < -0.39 is 5.91 Å². The first-order valence-corrected chi connectivity index (χ1v) is 6.43. The van der Waals surface area contributed by atoms with Gasteiger partial charge in [0.05, 0.1) is 5.56 Å².